The maximum atomic E-state index is 12.4. The summed E-state index contributed by atoms with van der Waals surface area (Å²) >= 11 is 0. The van der Waals surface area contributed by atoms with Crippen molar-refractivity contribution >= 4 is 28.9 Å². The molecule has 25 heavy (non-hydrogen) atoms. The van der Waals surface area contributed by atoms with Crippen LogP contribution >= 0.6 is 0 Å². The van der Waals surface area contributed by atoms with Crippen molar-refractivity contribution in [2.45, 2.75) is 0 Å². The van der Waals surface area contributed by atoms with Crippen molar-refractivity contribution in [2.24, 2.45) is 0 Å². The van der Waals surface area contributed by atoms with Crippen molar-refractivity contribution < 1.29 is 24.2 Å². The van der Waals surface area contributed by atoms with Crippen molar-refractivity contribution in [3.63, 3.8) is 0 Å². The fraction of sp³-hybridized carbons (Fsp3) is 0.133. The molecule has 128 valence electrons. The molecule has 0 unspecified atom stereocenters. The molecule has 10 nitrogen and oxygen atoms in total. The van der Waals surface area contributed by atoms with Gasteiger partial charge in [-0.3, -0.25) is 10.1 Å². The van der Waals surface area contributed by atoms with E-state index in [0.717, 1.165) is 0 Å². The summed E-state index contributed by atoms with van der Waals surface area (Å²) in [6, 6.07) is 5.97. The first-order chi connectivity index (χ1) is 12.0. The van der Waals surface area contributed by atoms with Crippen molar-refractivity contribution in [3.8, 4) is 11.9 Å². The Morgan fingerprint density at radius 2 is 1.96 bits per heavy atom. The molecule has 0 bridgehead atoms. The number of para-hydroxylation sites is 1. The third kappa shape index (κ3) is 3.17. The first-order valence-corrected chi connectivity index (χ1v) is 7.02. The van der Waals surface area contributed by atoms with Gasteiger partial charge in [0.1, 0.15) is 11.2 Å². The van der Waals surface area contributed by atoms with E-state index in [-0.39, 0.29) is 34.6 Å². The van der Waals surface area contributed by atoms with Gasteiger partial charge in [-0.2, -0.15) is 9.97 Å². The van der Waals surface area contributed by atoms with Gasteiger partial charge in [-0.25, -0.2) is 9.78 Å². The number of H-pyrrole nitrogens is 1. The van der Waals surface area contributed by atoms with E-state index >= 15 is 0 Å². The van der Waals surface area contributed by atoms with Gasteiger partial charge in [0.05, 0.1) is 25.3 Å². The number of rotatable bonds is 5. The number of aromatic nitrogens is 4. The number of hydrogen-bond donors (Lipinski definition) is 3. The summed E-state index contributed by atoms with van der Waals surface area (Å²) in [6.07, 6.45) is 0. The van der Waals surface area contributed by atoms with Crippen molar-refractivity contribution in [1.29, 1.82) is 0 Å². The molecule has 1 amide bonds. The lowest BCUT2D eigenvalue weighted by molar-refractivity contribution is 0.0698. The Morgan fingerprint density at radius 1 is 1.16 bits per heavy atom. The van der Waals surface area contributed by atoms with Gasteiger partial charge < -0.3 is 19.6 Å². The number of carbonyl (C=O) groups is 2. The number of carbonyl (C=O) groups excluding carboxylic acids is 1. The minimum Gasteiger partial charge on any atom is -0.481 e. The van der Waals surface area contributed by atoms with E-state index in [1.54, 1.807) is 12.1 Å². The second-order valence-electron chi connectivity index (χ2n) is 4.83. The minimum atomic E-state index is -1.11. The molecule has 0 spiro atoms. The molecule has 0 aliphatic carbocycles. The van der Waals surface area contributed by atoms with Crippen LogP contribution in [-0.2, 0) is 0 Å². The Labute approximate surface area is 140 Å². The number of nitrogens with one attached hydrogen (secondary N) is 2. The van der Waals surface area contributed by atoms with Crippen LogP contribution in [0.1, 0.15) is 20.8 Å². The predicted octanol–water partition coefficient (Wildman–Crippen LogP) is 1.32. The van der Waals surface area contributed by atoms with Gasteiger partial charge in [0.25, 0.3) is 5.91 Å². The number of benzene rings is 1. The molecule has 2 heterocycles. The Morgan fingerprint density at radius 3 is 2.64 bits per heavy atom. The largest absolute Gasteiger partial charge is 0.481 e. The van der Waals surface area contributed by atoms with Crippen LogP contribution in [0.2, 0.25) is 0 Å². The third-order valence-corrected chi connectivity index (χ3v) is 3.28. The highest BCUT2D eigenvalue weighted by Crippen LogP contribution is 2.20. The maximum absolute atomic E-state index is 12.4. The number of anilines is 1. The molecule has 0 saturated heterocycles. The Hall–Kier alpha value is -3.69. The van der Waals surface area contributed by atoms with Crippen LogP contribution in [0.4, 0.5) is 5.95 Å². The molecular weight excluding hydrogens is 330 g/mol. The second-order valence-corrected chi connectivity index (χ2v) is 4.83. The van der Waals surface area contributed by atoms with E-state index in [1.165, 1.54) is 26.4 Å². The number of hydrogen-bond acceptors (Lipinski definition) is 7. The summed E-state index contributed by atoms with van der Waals surface area (Å²) in [6.45, 7) is 0. The average Bonchev–Trinajstić information content (AvgIpc) is 3.03. The lowest BCUT2D eigenvalue weighted by Crippen LogP contribution is -2.15. The molecule has 3 aromatic rings. The smallest absolute Gasteiger partial charge is 0.337 e. The fourth-order valence-corrected chi connectivity index (χ4v) is 2.15. The highest BCUT2D eigenvalue weighted by atomic mass is 16.5. The zero-order chi connectivity index (χ0) is 18.0. The van der Waals surface area contributed by atoms with Gasteiger partial charge in [0, 0.05) is 6.07 Å². The highest BCUT2D eigenvalue weighted by molar-refractivity contribution is 6.05. The predicted molar refractivity (Wildman–Crippen MR) is 86.1 cm³/mol. The molecule has 0 radical (unpaired) electrons. The van der Waals surface area contributed by atoms with Crippen LogP contribution < -0.4 is 14.8 Å². The number of aromatic amines is 1. The van der Waals surface area contributed by atoms with Crippen molar-refractivity contribution in [2.75, 3.05) is 19.5 Å². The quantitative estimate of drug-likeness (QED) is 0.630. The molecule has 10 heteroatoms. The molecule has 0 atom stereocenters. The number of carboxylic acids is 1. The summed E-state index contributed by atoms with van der Waals surface area (Å²) in [5.74, 6) is -1.45. The van der Waals surface area contributed by atoms with Crippen LogP contribution in [0.3, 0.4) is 0 Å². The first kappa shape index (κ1) is 16.2. The van der Waals surface area contributed by atoms with E-state index in [4.69, 9.17) is 9.47 Å². The van der Waals surface area contributed by atoms with E-state index in [0.29, 0.717) is 5.52 Å². The molecule has 0 aliphatic heterocycles. The van der Waals surface area contributed by atoms with Crippen LogP contribution in [-0.4, -0.2) is 51.1 Å². The summed E-state index contributed by atoms with van der Waals surface area (Å²) in [7, 11) is 2.76. The molecular formula is C15H13N5O5. The van der Waals surface area contributed by atoms with Gasteiger partial charge in [-0.1, -0.05) is 6.07 Å². The summed E-state index contributed by atoms with van der Waals surface area (Å²) in [5.41, 5.74) is 0.749. The number of imidazole rings is 1. The van der Waals surface area contributed by atoms with Gasteiger partial charge >= 0.3 is 12.0 Å². The minimum absolute atomic E-state index is 0.00242. The van der Waals surface area contributed by atoms with Crippen LogP contribution in [0.15, 0.2) is 24.3 Å². The lowest BCUT2D eigenvalue weighted by Gasteiger charge is -2.05. The number of methoxy groups -OCH3 is 2. The Balaban J connectivity index is 1.92. The zero-order valence-corrected chi connectivity index (χ0v) is 13.2. The van der Waals surface area contributed by atoms with Gasteiger partial charge in [0.15, 0.2) is 0 Å². The van der Waals surface area contributed by atoms with Crippen molar-refractivity contribution in [1.82, 2.24) is 19.9 Å². The van der Waals surface area contributed by atoms with E-state index < -0.39 is 11.9 Å². The highest BCUT2D eigenvalue weighted by Gasteiger charge is 2.17. The summed E-state index contributed by atoms with van der Waals surface area (Å²) < 4.78 is 9.90. The number of carboxylic acid groups (broad SMARTS) is 1. The second kappa shape index (κ2) is 6.43. The van der Waals surface area contributed by atoms with Gasteiger partial charge in [-0.15, -0.1) is 0 Å². The zero-order valence-electron chi connectivity index (χ0n) is 13.2. The average molecular weight is 343 g/mol. The molecule has 0 aliphatic rings. The first-order valence-electron chi connectivity index (χ1n) is 7.02. The number of amides is 1. The van der Waals surface area contributed by atoms with E-state index in [9.17, 15) is 14.7 Å². The molecule has 0 saturated carbocycles. The Bertz CT molecular complexity index is 946. The SMILES string of the molecule is COc1cc(C(=O)Nc2nc3c(C(=O)O)cccc3[nH]2)nc(OC)n1. The summed E-state index contributed by atoms with van der Waals surface area (Å²) in [4.78, 5) is 38.4. The number of ether oxygens (including phenoxy) is 2. The van der Waals surface area contributed by atoms with Crippen LogP contribution in [0.5, 0.6) is 11.9 Å². The standard InChI is InChI=1S/C15H13N5O5/c1-24-10-6-9(17-15(18-10)25-2)12(21)20-14-16-8-5-3-4-7(13(22)23)11(8)19-14/h3-6H,1-2H3,(H,22,23)(H2,16,19,20,21). The van der Waals surface area contributed by atoms with Gasteiger partial charge in [-0.05, 0) is 12.1 Å². The number of aromatic carboxylic acids is 1. The fourth-order valence-electron chi connectivity index (χ4n) is 2.15. The monoisotopic (exact) mass is 343 g/mol. The van der Waals surface area contributed by atoms with Crippen molar-refractivity contribution in [3.05, 3.63) is 35.5 Å². The molecule has 2 aromatic heterocycles. The molecule has 3 rings (SSSR count). The van der Waals surface area contributed by atoms with Crippen LogP contribution in [0, 0.1) is 0 Å². The van der Waals surface area contributed by atoms with Crippen LogP contribution in [0.25, 0.3) is 11.0 Å². The topological polar surface area (TPSA) is 139 Å². The Kier molecular flexibility index (Phi) is 4.16. The lowest BCUT2D eigenvalue weighted by atomic mass is 10.2. The van der Waals surface area contributed by atoms with E-state index in [2.05, 4.69) is 25.3 Å². The van der Waals surface area contributed by atoms with Gasteiger partial charge in [0.2, 0.25) is 11.8 Å². The summed E-state index contributed by atoms with van der Waals surface area (Å²) in [5, 5.41) is 11.7. The molecule has 3 N–H and O–H groups in total. The molecule has 0 fully saturated rings. The molecule has 1 aromatic carbocycles. The normalized spacial score (nSPS) is 10.5. The number of fused-ring (bicyclic) bond motifs is 1. The van der Waals surface area contributed by atoms with E-state index in [1.807, 2.05) is 0 Å². The maximum Gasteiger partial charge on any atom is 0.337 e. The third-order valence-electron chi connectivity index (χ3n) is 3.28. The number of nitrogens with zero attached hydrogens (tertiary/aromatic N) is 3.